The Labute approximate surface area is 128 Å². The van der Waals surface area contributed by atoms with Crippen molar-refractivity contribution in [1.82, 2.24) is 14.9 Å². The third kappa shape index (κ3) is 2.68. The molecule has 22 heavy (non-hydrogen) atoms. The minimum Gasteiger partial charge on any atom is -0.481 e. The summed E-state index contributed by atoms with van der Waals surface area (Å²) >= 11 is 0. The number of hydrogen-bond acceptors (Lipinski definition) is 3. The molecular formula is C16H19N3O3. The molecule has 0 bridgehead atoms. The van der Waals surface area contributed by atoms with Gasteiger partial charge in [-0.1, -0.05) is 6.92 Å². The smallest absolute Gasteiger partial charge is 0.308 e. The molecule has 2 atom stereocenters. The van der Waals surface area contributed by atoms with Gasteiger partial charge in [0.25, 0.3) is 0 Å². The highest BCUT2D eigenvalue weighted by Crippen LogP contribution is 2.24. The van der Waals surface area contributed by atoms with Crippen LogP contribution in [-0.4, -0.2) is 44.9 Å². The van der Waals surface area contributed by atoms with E-state index >= 15 is 0 Å². The Hall–Kier alpha value is -2.37. The van der Waals surface area contributed by atoms with Crippen LogP contribution in [0.2, 0.25) is 0 Å². The van der Waals surface area contributed by atoms with Crippen molar-refractivity contribution < 1.29 is 14.7 Å². The van der Waals surface area contributed by atoms with Crippen LogP contribution in [0, 0.1) is 11.8 Å². The van der Waals surface area contributed by atoms with Gasteiger partial charge in [-0.15, -0.1) is 0 Å². The van der Waals surface area contributed by atoms with Gasteiger partial charge in [-0.2, -0.15) is 0 Å². The molecule has 2 aromatic rings. The summed E-state index contributed by atoms with van der Waals surface area (Å²) in [6.45, 7) is 2.87. The van der Waals surface area contributed by atoms with Gasteiger partial charge in [-0.25, -0.2) is 4.98 Å². The van der Waals surface area contributed by atoms with E-state index in [-0.39, 0.29) is 18.2 Å². The Morgan fingerprint density at radius 2 is 2.32 bits per heavy atom. The van der Waals surface area contributed by atoms with Crippen molar-refractivity contribution in [2.24, 2.45) is 11.8 Å². The van der Waals surface area contributed by atoms with Crippen LogP contribution in [0.1, 0.15) is 18.9 Å². The minimum absolute atomic E-state index is 0.0251. The third-order valence-electron chi connectivity index (χ3n) is 4.51. The van der Waals surface area contributed by atoms with E-state index < -0.39 is 11.9 Å². The number of piperidine rings is 1. The fourth-order valence-corrected chi connectivity index (χ4v) is 3.05. The average molecular weight is 301 g/mol. The molecule has 116 valence electrons. The number of nitrogens with one attached hydrogen (secondary N) is 1. The van der Waals surface area contributed by atoms with Gasteiger partial charge in [-0.3, -0.25) is 9.59 Å². The number of rotatable bonds is 3. The Bertz CT molecular complexity index is 709. The number of carbonyl (C=O) groups is 2. The van der Waals surface area contributed by atoms with E-state index in [4.69, 9.17) is 0 Å². The first kappa shape index (κ1) is 14.6. The molecule has 0 spiro atoms. The summed E-state index contributed by atoms with van der Waals surface area (Å²) in [5, 5.41) is 10.2. The predicted molar refractivity (Wildman–Crippen MR) is 81.3 cm³/mol. The van der Waals surface area contributed by atoms with Gasteiger partial charge >= 0.3 is 5.97 Å². The molecule has 2 N–H and O–H groups in total. The first-order valence-corrected chi connectivity index (χ1v) is 7.48. The van der Waals surface area contributed by atoms with E-state index in [1.165, 1.54) is 0 Å². The second-order valence-electron chi connectivity index (χ2n) is 5.94. The van der Waals surface area contributed by atoms with Gasteiger partial charge in [0, 0.05) is 30.9 Å². The number of hydrogen-bond donors (Lipinski definition) is 2. The number of carboxylic acids is 1. The van der Waals surface area contributed by atoms with Crippen molar-refractivity contribution in [2.45, 2.75) is 19.8 Å². The van der Waals surface area contributed by atoms with Crippen LogP contribution >= 0.6 is 0 Å². The van der Waals surface area contributed by atoms with Crippen molar-refractivity contribution in [2.75, 3.05) is 13.1 Å². The van der Waals surface area contributed by atoms with Crippen molar-refractivity contribution in [3.05, 3.63) is 30.1 Å². The molecule has 0 aliphatic carbocycles. The topological polar surface area (TPSA) is 86.3 Å². The monoisotopic (exact) mass is 301 g/mol. The number of amides is 1. The number of aromatic amines is 1. The van der Waals surface area contributed by atoms with Gasteiger partial charge in [0.15, 0.2) is 0 Å². The largest absolute Gasteiger partial charge is 0.481 e. The van der Waals surface area contributed by atoms with Crippen LogP contribution in [0.15, 0.2) is 24.5 Å². The van der Waals surface area contributed by atoms with Crippen molar-refractivity contribution >= 4 is 22.9 Å². The van der Waals surface area contributed by atoms with Crippen LogP contribution in [0.25, 0.3) is 11.0 Å². The zero-order chi connectivity index (χ0) is 15.7. The lowest BCUT2D eigenvalue weighted by molar-refractivity contribution is -0.147. The number of carboxylic acid groups (broad SMARTS) is 1. The molecule has 0 aromatic carbocycles. The zero-order valence-corrected chi connectivity index (χ0v) is 12.5. The minimum atomic E-state index is -0.818. The summed E-state index contributed by atoms with van der Waals surface area (Å²) in [6.07, 6.45) is 4.51. The Kier molecular flexibility index (Phi) is 3.83. The van der Waals surface area contributed by atoms with Crippen molar-refractivity contribution in [1.29, 1.82) is 0 Å². The number of aliphatic carboxylic acids is 1. The highest BCUT2D eigenvalue weighted by molar-refractivity contribution is 5.87. The maximum Gasteiger partial charge on any atom is 0.308 e. The number of nitrogens with zero attached hydrogens (tertiary/aromatic N) is 2. The fourth-order valence-electron chi connectivity index (χ4n) is 3.05. The van der Waals surface area contributed by atoms with Crippen LogP contribution in [-0.2, 0) is 16.0 Å². The lowest BCUT2D eigenvalue weighted by atomic mass is 9.87. The Morgan fingerprint density at radius 1 is 1.50 bits per heavy atom. The number of pyridine rings is 1. The van der Waals surface area contributed by atoms with Gasteiger partial charge in [0.1, 0.15) is 5.65 Å². The highest BCUT2D eigenvalue weighted by atomic mass is 16.4. The van der Waals surface area contributed by atoms with E-state index in [1.807, 2.05) is 19.1 Å². The molecule has 1 aliphatic heterocycles. The molecule has 6 heteroatoms. The molecule has 2 unspecified atom stereocenters. The van der Waals surface area contributed by atoms with Gasteiger partial charge in [-0.05, 0) is 30.0 Å². The van der Waals surface area contributed by atoms with Crippen molar-refractivity contribution in [3.8, 4) is 0 Å². The maximum absolute atomic E-state index is 12.5. The summed E-state index contributed by atoms with van der Waals surface area (Å²) in [5.74, 6) is -1.20. The van der Waals surface area contributed by atoms with Gasteiger partial charge in [0.2, 0.25) is 5.91 Å². The summed E-state index contributed by atoms with van der Waals surface area (Å²) in [6, 6.07) is 3.77. The maximum atomic E-state index is 12.5. The van der Waals surface area contributed by atoms with E-state index in [0.29, 0.717) is 13.1 Å². The second-order valence-corrected chi connectivity index (χ2v) is 5.94. The normalized spacial score (nSPS) is 22.0. The van der Waals surface area contributed by atoms with E-state index in [0.717, 1.165) is 23.0 Å². The molecule has 1 fully saturated rings. The summed E-state index contributed by atoms with van der Waals surface area (Å²) in [4.78, 5) is 32.7. The summed E-state index contributed by atoms with van der Waals surface area (Å²) < 4.78 is 0. The highest BCUT2D eigenvalue weighted by Gasteiger charge is 2.33. The van der Waals surface area contributed by atoms with Crippen molar-refractivity contribution in [3.63, 3.8) is 0 Å². The first-order valence-electron chi connectivity index (χ1n) is 7.48. The summed E-state index contributed by atoms with van der Waals surface area (Å²) in [7, 11) is 0. The lowest BCUT2D eigenvalue weighted by Crippen LogP contribution is -2.46. The third-order valence-corrected chi connectivity index (χ3v) is 4.51. The van der Waals surface area contributed by atoms with Gasteiger partial charge in [0.05, 0.1) is 12.3 Å². The molecule has 1 aliphatic rings. The standard InChI is InChI=1S/C16H19N3O3/c1-10-4-6-19(9-13(10)16(21)22)14(20)7-11-8-18-15-12(11)3-2-5-17-15/h2-3,5,8,10,13H,4,6-7,9H2,1H3,(H,17,18)(H,21,22). The lowest BCUT2D eigenvalue weighted by Gasteiger charge is -2.35. The number of aromatic nitrogens is 2. The average Bonchev–Trinajstić information content (AvgIpc) is 2.90. The molecule has 3 rings (SSSR count). The first-order chi connectivity index (χ1) is 10.6. The molecule has 3 heterocycles. The number of fused-ring (bicyclic) bond motifs is 1. The molecule has 1 amide bonds. The zero-order valence-electron chi connectivity index (χ0n) is 12.5. The number of likely N-dealkylation sites (tertiary alicyclic amines) is 1. The summed E-state index contributed by atoms with van der Waals surface area (Å²) in [5.41, 5.74) is 1.67. The number of H-pyrrole nitrogens is 1. The molecule has 1 saturated heterocycles. The van der Waals surface area contributed by atoms with E-state index in [2.05, 4.69) is 9.97 Å². The fraction of sp³-hybridized carbons (Fsp3) is 0.438. The molecule has 6 nitrogen and oxygen atoms in total. The predicted octanol–water partition coefficient (Wildman–Crippen LogP) is 1.67. The quantitative estimate of drug-likeness (QED) is 0.903. The SMILES string of the molecule is CC1CCN(C(=O)Cc2c[nH]c3ncccc23)CC1C(=O)O. The number of carbonyl (C=O) groups excluding carboxylic acids is 1. The molecule has 0 saturated carbocycles. The van der Waals surface area contributed by atoms with Crippen LogP contribution in [0.3, 0.4) is 0 Å². The van der Waals surface area contributed by atoms with Crippen LogP contribution < -0.4 is 0 Å². The molecule has 2 aromatic heterocycles. The molecule has 0 radical (unpaired) electrons. The van der Waals surface area contributed by atoms with Crippen LogP contribution in [0.5, 0.6) is 0 Å². The van der Waals surface area contributed by atoms with Crippen LogP contribution in [0.4, 0.5) is 0 Å². The Balaban J connectivity index is 1.73. The van der Waals surface area contributed by atoms with E-state index in [9.17, 15) is 14.7 Å². The molecular weight excluding hydrogens is 282 g/mol. The second kappa shape index (κ2) is 5.79. The Morgan fingerprint density at radius 3 is 3.09 bits per heavy atom. The van der Waals surface area contributed by atoms with Gasteiger partial charge < -0.3 is 15.0 Å². The van der Waals surface area contributed by atoms with E-state index in [1.54, 1.807) is 17.3 Å².